The van der Waals surface area contributed by atoms with Crippen LogP contribution in [-0.4, -0.2) is 32.8 Å². The zero-order valence-corrected chi connectivity index (χ0v) is 10.4. The second-order valence-electron chi connectivity index (χ2n) is 5.18. The number of rotatable bonds is 4. The van der Waals surface area contributed by atoms with Gasteiger partial charge in [0.15, 0.2) is 5.82 Å². The minimum atomic E-state index is 0.343. The summed E-state index contributed by atoms with van der Waals surface area (Å²) in [6, 6.07) is 0.673. The summed E-state index contributed by atoms with van der Waals surface area (Å²) in [5.41, 5.74) is 0.343. The Morgan fingerprint density at radius 1 is 1.56 bits per heavy atom. The van der Waals surface area contributed by atoms with Gasteiger partial charge >= 0.3 is 0 Å². The van der Waals surface area contributed by atoms with Crippen molar-refractivity contribution in [2.24, 2.45) is 12.5 Å². The lowest BCUT2D eigenvalue weighted by atomic mass is 9.84. The van der Waals surface area contributed by atoms with E-state index in [0.29, 0.717) is 11.5 Å². The lowest BCUT2D eigenvalue weighted by molar-refractivity contribution is 0.315. The topological polar surface area (TPSA) is 55.6 Å². The van der Waals surface area contributed by atoms with Gasteiger partial charge < -0.3 is 5.32 Å². The van der Waals surface area contributed by atoms with Crippen LogP contribution in [0, 0.1) is 5.41 Å². The summed E-state index contributed by atoms with van der Waals surface area (Å²) in [5.74, 6) is 0.877. The predicted molar refractivity (Wildman–Crippen MR) is 61.9 cm³/mol. The molecule has 90 valence electrons. The molecule has 0 aliphatic heterocycles. The van der Waals surface area contributed by atoms with Gasteiger partial charge in [0.1, 0.15) is 0 Å². The summed E-state index contributed by atoms with van der Waals surface area (Å²) in [4.78, 5) is 1.54. The molecule has 5 heteroatoms. The smallest absolute Gasteiger partial charge is 0.175 e. The molecule has 1 saturated carbocycles. The summed E-state index contributed by atoms with van der Waals surface area (Å²) in [6.45, 7) is 5.56. The zero-order valence-electron chi connectivity index (χ0n) is 10.4. The Kier molecular flexibility index (Phi) is 3.23. The van der Waals surface area contributed by atoms with Crippen LogP contribution in [0.3, 0.4) is 0 Å². The van der Waals surface area contributed by atoms with E-state index in [1.807, 2.05) is 7.05 Å². The summed E-state index contributed by atoms with van der Waals surface area (Å²) in [6.07, 6.45) is 4.69. The van der Waals surface area contributed by atoms with Gasteiger partial charge in [0.05, 0.1) is 7.05 Å². The molecule has 0 saturated heterocycles. The molecule has 1 heterocycles. The van der Waals surface area contributed by atoms with Gasteiger partial charge in [-0.05, 0) is 36.4 Å². The van der Waals surface area contributed by atoms with E-state index in [0.717, 1.165) is 18.8 Å². The summed E-state index contributed by atoms with van der Waals surface area (Å²) < 4.78 is 0. The van der Waals surface area contributed by atoms with Gasteiger partial charge in [-0.25, -0.2) is 0 Å². The van der Waals surface area contributed by atoms with Crippen molar-refractivity contribution in [1.82, 2.24) is 25.5 Å². The number of aryl methyl sites for hydroxylation is 1. The van der Waals surface area contributed by atoms with E-state index >= 15 is 0 Å². The molecule has 1 aliphatic rings. The number of aromatic nitrogens is 4. The van der Waals surface area contributed by atoms with Gasteiger partial charge in [-0.15, -0.1) is 10.2 Å². The van der Waals surface area contributed by atoms with Crippen LogP contribution in [0.15, 0.2) is 0 Å². The van der Waals surface area contributed by atoms with E-state index in [9.17, 15) is 0 Å². The SMILES string of the molecule is CCNC1CCC(C)(Cc2nnn(C)n2)C1. The average Bonchev–Trinajstić information content (AvgIpc) is 2.75. The van der Waals surface area contributed by atoms with E-state index < -0.39 is 0 Å². The highest BCUT2D eigenvalue weighted by atomic mass is 15.6. The van der Waals surface area contributed by atoms with Gasteiger partial charge in [0.2, 0.25) is 0 Å². The molecule has 0 aromatic carbocycles. The molecule has 1 aromatic rings. The molecule has 0 spiro atoms. The molecule has 0 amide bonds. The fourth-order valence-electron chi connectivity index (χ4n) is 2.72. The molecule has 16 heavy (non-hydrogen) atoms. The predicted octanol–water partition coefficient (Wildman–Crippen LogP) is 0.921. The molecular formula is C11H21N5. The summed E-state index contributed by atoms with van der Waals surface area (Å²) in [5, 5.41) is 15.8. The van der Waals surface area contributed by atoms with Crippen molar-refractivity contribution >= 4 is 0 Å². The van der Waals surface area contributed by atoms with Crippen LogP contribution in [0.4, 0.5) is 0 Å². The molecule has 2 atom stereocenters. The number of hydrogen-bond donors (Lipinski definition) is 1. The number of tetrazole rings is 1. The van der Waals surface area contributed by atoms with Crippen molar-refractivity contribution in [3.8, 4) is 0 Å². The lowest BCUT2D eigenvalue weighted by Gasteiger charge is -2.22. The molecular weight excluding hydrogens is 202 g/mol. The van der Waals surface area contributed by atoms with Crippen molar-refractivity contribution < 1.29 is 0 Å². The van der Waals surface area contributed by atoms with Gasteiger partial charge in [-0.3, -0.25) is 0 Å². The quantitative estimate of drug-likeness (QED) is 0.824. The maximum Gasteiger partial charge on any atom is 0.175 e. The lowest BCUT2D eigenvalue weighted by Crippen LogP contribution is -2.28. The minimum Gasteiger partial charge on any atom is -0.314 e. The first-order valence-corrected chi connectivity index (χ1v) is 6.07. The van der Waals surface area contributed by atoms with Crippen molar-refractivity contribution in [3.05, 3.63) is 5.82 Å². The highest BCUT2D eigenvalue weighted by Gasteiger charge is 2.35. The number of hydrogen-bond acceptors (Lipinski definition) is 4. The number of nitrogens with one attached hydrogen (secondary N) is 1. The van der Waals surface area contributed by atoms with Crippen LogP contribution in [0.1, 0.15) is 38.9 Å². The Morgan fingerprint density at radius 3 is 3.00 bits per heavy atom. The molecule has 0 bridgehead atoms. The normalized spacial score (nSPS) is 29.8. The number of nitrogens with zero attached hydrogens (tertiary/aromatic N) is 4. The van der Waals surface area contributed by atoms with E-state index in [1.165, 1.54) is 24.1 Å². The maximum atomic E-state index is 4.26. The maximum absolute atomic E-state index is 4.26. The van der Waals surface area contributed by atoms with Crippen LogP contribution in [0.25, 0.3) is 0 Å². The van der Waals surface area contributed by atoms with Gasteiger partial charge in [0.25, 0.3) is 0 Å². The third-order valence-corrected chi connectivity index (χ3v) is 3.46. The fraction of sp³-hybridized carbons (Fsp3) is 0.909. The Labute approximate surface area is 96.6 Å². The highest BCUT2D eigenvalue weighted by Crippen LogP contribution is 2.39. The minimum absolute atomic E-state index is 0.343. The second-order valence-corrected chi connectivity index (χ2v) is 5.18. The van der Waals surface area contributed by atoms with Gasteiger partial charge in [-0.2, -0.15) is 4.80 Å². The van der Waals surface area contributed by atoms with Crippen molar-refractivity contribution in [2.75, 3.05) is 6.54 Å². The van der Waals surface area contributed by atoms with E-state index in [2.05, 4.69) is 34.6 Å². The molecule has 1 fully saturated rings. The molecule has 1 aliphatic carbocycles. The Hall–Kier alpha value is -0.970. The van der Waals surface area contributed by atoms with Crippen LogP contribution in [-0.2, 0) is 13.5 Å². The third-order valence-electron chi connectivity index (χ3n) is 3.46. The standard InChI is InChI=1S/C11H21N5/c1-4-12-9-5-6-11(2,7-9)8-10-13-15-16(3)14-10/h9,12H,4-8H2,1-3H3. The molecule has 5 nitrogen and oxygen atoms in total. The monoisotopic (exact) mass is 223 g/mol. The van der Waals surface area contributed by atoms with Crippen LogP contribution in [0.5, 0.6) is 0 Å². The van der Waals surface area contributed by atoms with E-state index in [-0.39, 0.29) is 0 Å². The second kappa shape index (κ2) is 4.49. The molecule has 0 radical (unpaired) electrons. The van der Waals surface area contributed by atoms with Gasteiger partial charge in [0, 0.05) is 12.5 Å². The van der Waals surface area contributed by atoms with E-state index in [4.69, 9.17) is 0 Å². The Balaban J connectivity index is 1.94. The third kappa shape index (κ3) is 2.58. The first kappa shape index (κ1) is 11.5. The summed E-state index contributed by atoms with van der Waals surface area (Å²) >= 11 is 0. The first-order chi connectivity index (χ1) is 7.61. The first-order valence-electron chi connectivity index (χ1n) is 6.07. The molecule has 1 aromatic heterocycles. The molecule has 2 unspecified atom stereocenters. The average molecular weight is 223 g/mol. The van der Waals surface area contributed by atoms with Crippen LogP contribution < -0.4 is 5.32 Å². The highest BCUT2D eigenvalue weighted by molar-refractivity contribution is 4.95. The Morgan fingerprint density at radius 2 is 2.38 bits per heavy atom. The van der Waals surface area contributed by atoms with Gasteiger partial charge in [-0.1, -0.05) is 13.8 Å². The largest absolute Gasteiger partial charge is 0.314 e. The van der Waals surface area contributed by atoms with E-state index in [1.54, 1.807) is 0 Å². The molecule has 2 rings (SSSR count). The van der Waals surface area contributed by atoms with Crippen LogP contribution in [0.2, 0.25) is 0 Å². The fourth-order valence-corrected chi connectivity index (χ4v) is 2.72. The van der Waals surface area contributed by atoms with Crippen molar-refractivity contribution in [3.63, 3.8) is 0 Å². The summed E-state index contributed by atoms with van der Waals surface area (Å²) in [7, 11) is 1.81. The van der Waals surface area contributed by atoms with Crippen LogP contribution >= 0.6 is 0 Å². The van der Waals surface area contributed by atoms with Crippen molar-refractivity contribution in [2.45, 2.75) is 45.6 Å². The van der Waals surface area contributed by atoms with Crippen molar-refractivity contribution in [1.29, 1.82) is 0 Å². The molecule has 1 N–H and O–H groups in total. The zero-order chi connectivity index (χ0) is 11.6. The Bertz CT molecular complexity index is 348.